The lowest BCUT2D eigenvalue weighted by Gasteiger charge is -2.04. The van der Waals surface area contributed by atoms with Crippen LogP contribution in [-0.4, -0.2) is 19.6 Å². The molecular formula is C7H3BrClNO5S. The molecular weight excluding hydrogens is 326 g/mol. The van der Waals surface area contributed by atoms with Crippen LogP contribution in [0, 0.1) is 10.1 Å². The Morgan fingerprint density at radius 1 is 1.44 bits per heavy atom. The van der Waals surface area contributed by atoms with Gasteiger partial charge in [0.2, 0.25) is 0 Å². The SMILES string of the molecule is O=Cc1c([N+](=O)[O-])ccc(Br)c1S(=O)(=O)Cl. The van der Waals surface area contributed by atoms with E-state index in [2.05, 4.69) is 15.9 Å². The minimum absolute atomic E-state index is 0.00444. The van der Waals surface area contributed by atoms with Crippen LogP contribution in [0.2, 0.25) is 0 Å². The number of benzene rings is 1. The van der Waals surface area contributed by atoms with Crippen LogP contribution < -0.4 is 0 Å². The van der Waals surface area contributed by atoms with E-state index in [4.69, 9.17) is 10.7 Å². The zero-order valence-electron chi connectivity index (χ0n) is 7.38. The molecule has 0 saturated carbocycles. The highest BCUT2D eigenvalue weighted by Crippen LogP contribution is 2.33. The van der Waals surface area contributed by atoms with E-state index in [1.807, 2.05) is 0 Å². The molecule has 0 spiro atoms. The normalized spacial score (nSPS) is 11.1. The van der Waals surface area contributed by atoms with Crippen LogP contribution in [0.3, 0.4) is 0 Å². The fourth-order valence-corrected chi connectivity index (χ4v) is 3.56. The lowest BCUT2D eigenvalue weighted by Crippen LogP contribution is -2.03. The third-order valence-electron chi connectivity index (χ3n) is 1.68. The second-order valence-corrected chi connectivity index (χ2v) is 5.98. The Morgan fingerprint density at radius 2 is 2.00 bits per heavy atom. The van der Waals surface area contributed by atoms with Crippen molar-refractivity contribution in [3.63, 3.8) is 0 Å². The fourth-order valence-electron chi connectivity index (χ4n) is 1.08. The summed E-state index contributed by atoms with van der Waals surface area (Å²) in [4.78, 5) is 19.8. The van der Waals surface area contributed by atoms with Gasteiger partial charge < -0.3 is 0 Å². The van der Waals surface area contributed by atoms with Crippen molar-refractivity contribution >= 4 is 47.6 Å². The summed E-state index contributed by atoms with van der Waals surface area (Å²) in [5.74, 6) is 0. The number of carbonyl (C=O) groups excluding carboxylic acids is 1. The molecule has 86 valence electrons. The molecule has 0 N–H and O–H groups in total. The molecule has 0 saturated heterocycles. The molecule has 0 unspecified atom stereocenters. The van der Waals surface area contributed by atoms with E-state index in [9.17, 15) is 23.3 Å². The van der Waals surface area contributed by atoms with Crippen LogP contribution in [0.4, 0.5) is 5.69 Å². The molecule has 0 aliphatic heterocycles. The highest BCUT2D eigenvalue weighted by Gasteiger charge is 2.27. The van der Waals surface area contributed by atoms with Crippen molar-refractivity contribution in [2.45, 2.75) is 4.90 Å². The number of rotatable bonds is 3. The van der Waals surface area contributed by atoms with Crippen LogP contribution in [0.5, 0.6) is 0 Å². The Kier molecular flexibility index (Phi) is 3.66. The van der Waals surface area contributed by atoms with Crippen LogP contribution in [0.25, 0.3) is 0 Å². The Morgan fingerprint density at radius 3 is 2.38 bits per heavy atom. The van der Waals surface area contributed by atoms with Crippen LogP contribution in [-0.2, 0) is 9.05 Å². The molecule has 0 radical (unpaired) electrons. The fraction of sp³-hybridized carbons (Fsp3) is 0. The Labute approximate surface area is 103 Å². The lowest BCUT2D eigenvalue weighted by atomic mass is 10.2. The minimum Gasteiger partial charge on any atom is -0.298 e. The first-order valence-electron chi connectivity index (χ1n) is 3.65. The number of carbonyl (C=O) groups is 1. The van der Waals surface area contributed by atoms with E-state index in [0.29, 0.717) is 0 Å². The largest absolute Gasteiger partial charge is 0.298 e. The predicted molar refractivity (Wildman–Crippen MR) is 59.2 cm³/mol. The smallest absolute Gasteiger partial charge is 0.281 e. The average Bonchev–Trinajstić information content (AvgIpc) is 2.14. The molecule has 0 aliphatic rings. The van der Waals surface area contributed by atoms with Gasteiger partial charge in [0.05, 0.1) is 4.92 Å². The van der Waals surface area contributed by atoms with Crippen molar-refractivity contribution in [3.05, 3.63) is 32.3 Å². The Bertz CT molecular complexity index is 570. The van der Waals surface area contributed by atoms with Gasteiger partial charge in [-0.2, -0.15) is 0 Å². The molecule has 1 rings (SSSR count). The van der Waals surface area contributed by atoms with Crippen molar-refractivity contribution < 1.29 is 18.1 Å². The molecule has 1 aromatic carbocycles. The third-order valence-corrected chi connectivity index (χ3v) is 4.00. The van der Waals surface area contributed by atoms with E-state index in [0.717, 1.165) is 12.1 Å². The first-order valence-corrected chi connectivity index (χ1v) is 6.76. The molecule has 9 heteroatoms. The topological polar surface area (TPSA) is 94.3 Å². The second kappa shape index (κ2) is 4.48. The second-order valence-electron chi connectivity index (χ2n) is 2.62. The van der Waals surface area contributed by atoms with Crippen molar-refractivity contribution in [1.82, 2.24) is 0 Å². The summed E-state index contributed by atoms with van der Waals surface area (Å²) in [5.41, 5.74) is -1.19. The van der Waals surface area contributed by atoms with E-state index >= 15 is 0 Å². The zero-order chi connectivity index (χ0) is 12.5. The van der Waals surface area contributed by atoms with E-state index < -0.39 is 30.1 Å². The van der Waals surface area contributed by atoms with Gasteiger partial charge in [-0.25, -0.2) is 8.42 Å². The van der Waals surface area contributed by atoms with Gasteiger partial charge in [0.25, 0.3) is 14.7 Å². The molecule has 0 atom stereocenters. The molecule has 16 heavy (non-hydrogen) atoms. The van der Waals surface area contributed by atoms with Gasteiger partial charge in [0, 0.05) is 21.2 Å². The molecule has 0 heterocycles. The van der Waals surface area contributed by atoms with E-state index in [-0.39, 0.29) is 10.8 Å². The first kappa shape index (κ1) is 13.1. The number of nitro groups is 1. The Balaban J connectivity index is 3.78. The lowest BCUT2D eigenvalue weighted by molar-refractivity contribution is -0.385. The van der Waals surface area contributed by atoms with E-state index in [1.54, 1.807) is 0 Å². The molecule has 0 aliphatic carbocycles. The summed E-state index contributed by atoms with van der Waals surface area (Å²) >= 11 is 2.86. The number of hydrogen-bond donors (Lipinski definition) is 0. The van der Waals surface area contributed by atoms with Crippen LogP contribution in [0.15, 0.2) is 21.5 Å². The predicted octanol–water partition coefficient (Wildman–Crippen LogP) is 2.10. The average molecular weight is 329 g/mol. The summed E-state index contributed by atoms with van der Waals surface area (Å²) < 4.78 is 22.3. The van der Waals surface area contributed by atoms with Gasteiger partial charge >= 0.3 is 0 Å². The highest BCUT2D eigenvalue weighted by atomic mass is 79.9. The summed E-state index contributed by atoms with van der Waals surface area (Å²) in [7, 11) is 0.843. The van der Waals surface area contributed by atoms with Gasteiger partial charge in [-0.05, 0) is 22.0 Å². The monoisotopic (exact) mass is 327 g/mol. The first-order chi connectivity index (χ1) is 7.29. The number of hydrogen-bond acceptors (Lipinski definition) is 5. The van der Waals surface area contributed by atoms with Crippen molar-refractivity contribution in [2.24, 2.45) is 0 Å². The number of aldehydes is 1. The van der Waals surface area contributed by atoms with E-state index in [1.165, 1.54) is 0 Å². The highest BCUT2D eigenvalue weighted by molar-refractivity contribution is 9.10. The summed E-state index contributed by atoms with van der Waals surface area (Å²) in [6.07, 6.45) is 0.0815. The Hall–Kier alpha value is -0.990. The minimum atomic E-state index is -4.24. The molecule has 0 bridgehead atoms. The number of halogens is 2. The van der Waals surface area contributed by atoms with Gasteiger partial charge in [-0.3, -0.25) is 14.9 Å². The standard InChI is InChI=1S/C7H3BrClNO5S/c8-5-1-2-6(10(12)13)4(3-11)7(5)16(9,14)15/h1-3H. The summed E-state index contributed by atoms with van der Waals surface area (Å²) in [6.45, 7) is 0. The van der Waals surface area contributed by atoms with Crippen LogP contribution in [0.1, 0.15) is 10.4 Å². The molecule has 0 fully saturated rings. The molecule has 0 amide bonds. The molecule has 6 nitrogen and oxygen atoms in total. The van der Waals surface area contributed by atoms with Gasteiger partial charge in [-0.15, -0.1) is 0 Å². The molecule has 0 aromatic heterocycles. The summed E-state index contributed by atoms with van der Waals surface area (Å²) in [6, 6.07) is 2.15. The quantitative estimate of drug-likeness (QED) is 0.366. The van der Waals surface area contributed by atoms with Gasteiger partial charge in [0.1, 0.15) is 10.5 Å². The van der Waals surface area contributed by atoms with Gasteiger partial charge in [-0.1, -0.05) is 0 Å². The van der Waals surface area contributed by atoms with Crippen molar-refractivity contribution in [1.29, 1.82) is 0 Å². The number of nitro benzene ring substituents is 1. The van der Waals surface area contributed by atoms with Crippen molar-refractivity contribution in [3.8, 4) is 0 Å². The maximum absolute atomic E-state index is 11.2. The maximum atomic E-state index is 11.2. The summed E-state index contributed by atoms with van der Waals surface area (Å²) in [5, 5.41) is 10.6. The van der Waals surface area contributed by atoms with Gasteiger partial charge in [0.15, 0.2) is 6.29 Å². The molecule has 1 aromatic rings. The van der Waals surface area contributed by atoms with Crippen molar-refractivity contribution in [2.75, 3.05) is 0 Å². The third kappa shape index (κ3) is 2.39. The number of nitrogens with zero attached hydrogens (tertiary/aromatic N) is 1. The van der Waals surface area contributed by atoms with Crippen LogP contribution >= 0.6 is 26.6 Å². The zero-order valence-corrected chi connectivity index (χ0v) is 10.5. The maximum Gasteiger partial charge on any atom is 0.281 e.